The van der Waals surface area contributed by atoms with Crippen molar-refractivity contribution in [3.63, 3.8) is 0 Å². The van der Waals surface area contributed by atoms with E-state index in [0.29, 0.717) is 17.2 Å². The lowest BCUT2D eigenvalue weighted by Gasteiger charge is -2.37. The van der Waals surface area contributed by atoms with Crippen LogP contribution in [0.4, 0.5) is 0 Å². The molecule has 0 atom stereocenters. The summed E-state index contributed by atoms with van der Waals surface area (Å²) >= 11 is 6.50. The Kier molecular flexibility index (Phi) is 5.61. The summed E-state index contributed by atoms with van der Waals surface area (Å²) in [7, 11) is 1.56. The van der Waals surface area contributed by atoms with Gasteiger partial charge in [0.15, 0.2) is 0 Å². The zero-order chi connectivity index (χ0) is 20.4. The van der Waals surface area contributed by atoms with Crippen molar-refractivity contribution in [2.45, 2.75) is 24.9 Å². The van der Waals surface area contributed by atoms with Gasteiger partial charge < -0.3 is 14.8 Å². The molecular weight excluding hydrogens is 392 g/mol. The van der Waals surface area contributed by atoms with Gasteiger partial charge in [0, 0.05) is 29.8 Å². The van der Waals surface area contributed by atoms with Crippen molar-refractivity contribution >= 4 is 28.4 Å². The topological polar surface area (TPSA) is 83.6 Å². The first-order chi connectivity index (χ1) is 14.0. The Hall–Kier alpha value is -2.38. The highest BCUT2D eigenvalue weighted by atomic mass is 35.5. The molecule has 1 aliphatic rings. The second kappa shape index (κ2) is 8.16. The van der Waals surface area contributed by atoms with E-state index in [9.17, 15) is 9.90 Å². The molecule has 1 aromatic heterocycles. The Morgan fingerprint density at radius 2 is 2.00 bits per heavy atom. The number of nitrogens with one attached hydrogen (secondary N) is 2. The zero-order valence-corrected chi connectivity index (χ0v) is 16.9. The molecule has 29 heavy (non-hydrogen) atoms. The van der Waals surface area contributed by atoms with Crippen LogP contribution in [0.1, 0.15) is 35.2 Å². The van der Waals surface area contributed by atoms with Gasteiger partial charge in [-0.2, -0.15) is 0 Å². The number of aliphatic hydroxyl groups is 1. The molecule has 1 amide bonds. The average molecular weight is 415 g/mol. The van der Waals surface area contributed by atoms with Crippen LogP contribution in [0.15, 0.2) is 42.6 Å². The van der Waals surface area contributed by atoms with Gasteiger partial charge in [-0.05, 0) is 42.5 Å². The number of hydrogen-bond donors (Lipinski definition) is 3. The van der Waals surface area contributed by atoms with Crippen molar-refractivity contribution in [3.05, 3.63) is 58.7 Å². The van der Waals surface area contributed by atoms with E-state index in [1.807, 2.05) is 36.4 Å². The lowest BCUT2D eigenvalue weighted by molar-refractivity contribution is -0.0387. The van der Waals surface area contributed by atoms with Crippen molar-refractivity contribution in [2.24, 2.45) is 0 Å². The second-order valence-corrected chi connectivity index (χ2v) is 7.72. The van der Waals surface area contributed by atoms with Crippen molar-refractivity contribution < 1.29 is 19.5 Å². The highest BCUT2D eigenvalue weighted by Gasteiger charge is 2.35. The molecule has 0 unspecified atom stereocenters. The normalized spacial score (nSPS) is 15.3. The zero-order valence-electron chi connectivity index (χ0n) is 16.1. The van der Waals surface area contributed by atoms with E-state index in [1.54, 1.807) is 13.3 Å². The van der Waals surface area contributed by atoms with Crippen LogP contribution >= 0.6 is 11.6 Å². The fourth-order valence-corrected chi connectivity index (χ4v) is 3.88. The molecule has 0 spiro atoms. The Balaban J connectivity index is 1.61. The Labute approximate surface area is 173 Å². The molecule has 7 heteroatoms. The molecule has 2 aromatic carbocycles. The molecule has 1 fully saturated rings. The summed E-state index contributed by atoms with van der Waals surface area (Å²) in [5.74, 6) is -0.344. The fourth-order valence-electron chi connectivity index (χ4n) is 3.61. The number of carbonyl (C=O) groups is 1. The maximum Gasteiger partial charge on any atom is 0.277 e. The van der Waals surface area contributed by atoms with Crippen molar-refractivity contribution in [3.8, 4) is 11.1 Å². The first-order valence-corrected chi connectivity index (χ1v) is 9.94. The number of hydrogen-bond acceptors (Lipinski definition) is 4. The number of rotatable bonds is 7. The smallest absolute Gasteiger partial charge is 0.277 e. The minimum atomic E-state index is -0.693. The minimum absolute atomic E-state index is 0.264. The minimum Gasteiger partial charge on any atom is -0.385 e. The molecule has 0 bridgehead atoms. The Morgan fingerprint density at radius 3 is 2.66 bits per heavy atom. The number of amides is 1. The third-order valence-electron chi connectivity index (χ3n) is 5.48. The van der Waals surface area contributed by atoms with Gasteiger partial charge in [-0.15, -0.1) is 0 Å². The third-order valence-corrected chi connectivity index (χ3v) is 5.80. The van der Waals surface area contributed by atoms with E-state index in [4.69, 9.17) is 21.2 Å². The van der Waals surface area contributed by atoms with Gasteiger partial charge in [-0.1, -0.05) is 35.9 Å². The molecule has 0 aliphatic heterocycles. The number of carbonyl (C=O) groups excluding carboxylic acids is 1. The number of fused-ring (bicyclic) bond motifs is 1. The molecule has 3 N–H and O–H groups in total. The highest BCUT2D eigenvalue weighted by Crippen LogP contribution is 2.42. The van der Waals surface area contributed by atoms with E-state index >= 15 is 0 Å². The summed E-state index contributed by atoms with van der Waals surface area (Å²) in [6.07, 6.45) is 4.28. The molecule has 3 aromatic rings. The van der Waals surface area contributed by atoms with Gasteiger partial charge in [-0.3, -0.25) is 9.63 Å². The molecule has 1 aliphatic carbocycles. The number of methoxy groups -OCH3 is 1. The Morgan fingerprint density at radius 1 is 1.24 bits per heavy atom. The monoisotopic (exact) mass is 414 g/mol. The molecule has 0 saturated heterocycles. The molecular formula is C22H23ClN2O4. The fraction of sp³-hybridized carbons (Fsp3) is 0.318. The summed E-state index contributed by atoms with van der Waals surface area (Å²) in [5.41, 5.74) is 5.64. The van der Waals surface area contributed by atoms with E-state index in [-0.39, 0.29) is 12.5 Å². The van der Waals surface area contributed by atoms with Gasteiger partial charge >= 0.3 is 0 Å². The van der Waals surface area contributed by atoms with Crippen LogP contribution in [0.5, 0.6) is 0 Å². The summed E-state index contributed by atoms with van der Waals surface area (Å²) in [4.78, 5) is 20.6. The molecule has 1 saturated carbocycles. The van der Waals surface area contributed by atoms with Gasteiger partial charge in [0.05, 0.1) is 29.4 Å². The average Bonchev–Trinajstić information content (AvgIpc) is 3.11. The lowest BCUT2D eigenvalue weighted by atomic mass is 9.75. The van der Waals surface area contributed by atoms with Crippen LogP contribution in [0.2, 0.25) is 5.02 Å². The summed E-state index contributed by atoms with van der Waals surface area (Å²) in [6, 6.07) is 11.5. The number of ether oxygens (including phenoxy) is 1. The lowest BCUT2D eigenvalue weighted by Crippen LogP contribution is -2.33. The van der Waals surface area contributed by atoms with Crippen molar-refractivity contribution in [1.29, 1.82) is 0 Å². The van der Waals surface area contributed by atoms with Crippen LogP contribution in [0, 0.1) is 0 Å². The van der Waals surface area contributed by atoms with E-state index in [1.165, 1.54) is 0 Å². The van der Waals surface area contributed by atoms with Crippen LogP contribution in [-0.2, 0) is 15.2 Å². The highest BCUT2D eigenvalue weighted by molar-refractivity contribution is 6.34. The van der Waals surface area contributed by atoms with Gasteiger partial charge in [-0.25, -0.2) is 5.48 Å². The van der Waals surface area contributed by atoms with Crippen molar-refractivity contribution in [1.82, 2.24) is 10.5 Å². The SMILES string of the molecule is COCCONC(=O)c1c[nH]c2cc(Cl)c(-c3ccc(C4(O)CCC4)cc3)cc12. The molecule has 0 radical (unpaired) electrons. The standard InChI is InChI=1S/C22H23ClN2O4/c1-28-9-10-29-25-21(26)18-13-24-20-12-19(23)16(11-17(18)20)14-3-5-15(6-4-14)22(27)7-2-8-22/h3-6,11-13,24,27H,2,7-10H2,1H3,(H,25,26). The van der Waals surface area contributed by atoms with E-state index < -0.39 is 5.60 Å². The molecule has 4 rings (SSSR count). The molecule has 1 heterocycles. The number of halogens is 1. The number of benzene rings is 2. The second-order valence-electron chi connectivity index (χ2n) is 7.31. The third kappa shape index (κ3) is 3.89. The van der Waals surface area contributed by atoms with E-state index in [2.05, 4.69) is 10.5 Å². The Bertz CT molecular complexity index is 1030. The summed E-state index contributed by atoms with van der Waals surface area (Å²) in [5, 5.41) is 11.8. The van der Waals surface area contributed by atoms with Gasteiger partial charge in [0.2, 0.25) is 0 Å². The van der Waals surface area contributed by atoms with E-state index in [0.717, 1.165) is 46.9 Å². The first kappa shape index (κ1) is 19.9. The first-order valence-electron chi connectivity index (χ1n) is 9.57. The van der Waals surface area contributed by atoms with Gasteiger partial charge in [0.25, 0.3) is 5.91 Å². The maximum absolute atomic E-state index is 12.5. The number of aromatic nitrogens is 1. The summed E-state index contributed by atoms with van der Waals surface area (Å²) < 4.78 is 4.89. The van der Waals surface area contributed by atoms with Crippen LogP contribution in [-0.4, -0.2) is 36.3 Å². The predicted octanol–water partition coefficient (Wildman–Crippen LogP) is 4.17. The van der Waals surface area contributed by atoms with Crippen LogP contribution in [0.3, 0.4) is 0 Å². The number of H-pyrrole nitrogens is 1. The quantitative estimate of drug-likeness (QED) is 0.400. The molecule has 6 nitrogen and oxygen atoms in total. The van der Waals surface area contributed by atoms with Crippen LogP contribution in [0.25, 0.3) is 22.0 Å². The number of aromatic amines is 1. The van der Waals surface area contributed by atoms with Gasteiger partial charge in [0.1, 0.15) is 0 Å². The molecule has 152 valence electrons. The maximum atomic E-state index is 12.5. The number of hydroxylamine groups is 1. The summed E-state index contributed by atoms with van der Waals surface area (Å²) in [6.45, 7) is 0.652. The van der Waals surface area contributed by atoms with Crippen molar-refractivity contribution in [2.75, 3.05) is 20.3 Å². The predicted molar refractivity (Wildman–Crippen MR) is 112 cm³/mol. The van der Waals surface area contributed by atoms with Crippen LogP contribution < -0.4 is 5.48 Å². The largest absolute Gasteiger partial charge is 0.385 e.